The van der Waals surface area contributed by atoms with Crippen molar-refractivity contribution in [3.8, 4) is 0 Å². The maximum Gasteiger partial charge on any atom is 0.240 e. The van der Waals surface area contributed by atoms with Crippen LogP contribution in [0.25, 0.3) is 0 Å². The average molecular weight is 291 g/mol. The van der Waals surface area contributed by atoms with Crippen molar-refractivity contribution in [2.75, 3.05) is 13.1 Å². The Morgan fingerprint density at radius 3 is 2.37 bits per heavy atom. The Bertz CT molecular complexity index is 395. The summed E-state index contributed by atoms with van der Waals surface area (Å²) >= 11 is 0. The van der Waals surface area contributed by atoms with Gasteiger partial charge in [0.25, 0.3) is 0 Å². The van der Waals surface area contributed by atoms with Crippen LogP contribution >= 0.6 is 12.4 Å². The summed E-state index contributed by atoms with van der Waals surface area (Å²) in [7, 11) is 0. The first-order valence-electron chi connectivity index (χ1n) is 6.34. The van der Waals surface area contributed by atoms with Crippen LogP contribution in [0.5, 0.6) is 0 Å². The number of aromatic nitrogens is 2. The molecule has 7 heteroatoms. The van der Waals surface area contributed by atoms with E-state index < -0.39 is 5.54 Å². The second-order valence-corrected chi connectivity index (χ2v) is 5.68. The Labute approximate surface area is 120 Å². The second kappa shape index (κ2) is 6.17. The van der Waals surface area contributed by atoms with Gasteiger partial charge < -0.3 is 15.0 Å². The third-order valence-corrected chi connectivity index (χ3v) is 2.90. The zero-order valence-corrected chi connectivity index (χ0v) is 12.7. The summed E-state index contributed by atoms with van der Waals surface area (Å²) in [5, 5.41) is 3.92. The highest BCUT2D eigenvalue weighted by atomic mass is 35.5. The lowest BCUT2D eigenvalue weighted by Crippen LogP contribution is -2.44. The summed E-state index contributed by atoms with van der Waals surface area (Å²) in [6, 6.07) is 0. The minimum Gasteiger partial charge on any atom is -0.373 e. The molecule has 2 unspecified atom stereocenters. The fourth-order valence-corrected chi connectivity index (χ4v) is 2.19. The topological polar surface area (TPSA) is 77.4 Å². The molecule has 19 heavy (non-hydrogen) atoms. The highest BCUT2D eigenvalue weighted by molar-refractivity contribution is 5.85. The van der Waals surface area contributed by atoms with Gasteiger partial charge in [0.15, 0.2) is 5.82 Å². The number of hydrogen-bond donors (Lipinski definition) is 1. The fraction of sp³-hybridized carbons (Fsp3) is 0.833. The predicted octanol–water partition coefficient (Wildman–Crippen LogP) is 1.29. The first-order chi connectivity index (χ1) is 8.34. The molecule has 0 aromatic carbocycles. The summed E-state index contributed by atoms with van der Waals surface area (Å²) in [4.78, 5) is 6.60. The quantitative estimate of drug-likeness (QED) is 0.904. The molecule has 1 fully saturated rings. The average Bonchev–Trinajstić information content (AvgIpc) is 2.63. The highest BCUT2D eigenvalue weighted by Crippen LogP contribution is 2.16. The van der Waals surface area contributed by atoms with Crippen molar-refractivity contribution in [3.63, 3.8) is 0 Å². The van der Waals surface area contributed by atoms with Gasteiger partial charge in [-0.15, -0.1) is 12.4 Å². The van der Waals surface area contributed by atoms with Crippen LogP contribution in [0.1, 0.15) is 39.4 Å². The van der Waals surface area contributed by atoms with Crippen LogP contribution in [0.2, 0.25) is 0 Å². The van der Waals surface area contributed by atoms with E-state index in [1.54, 1.807) is 0 Å². The molecule has 0 saturated carbocycles. The van der Waals surface area contributed by atoms with Gasteiger partial charge in [0.1, 0.15) is 0 Å². The van der Waals surface area contributed by atoms with Crippen LogP contribution in [-0.4, -0.2) is 40.3 Å². The molecular formula is C12H23ClN4O2. The SMILES string of the molecule is CC1CN(Cc2nc(C(C)(C)N)no2)CC(C)O1.Cl. The first kappa shape index (κ1) is 16.4. The molecule has 2 rings (SSSR count). The van der Waals surface area contributed by atoms with Crippen LogP contribution in [0.4, 0.5) is 0 Å². The lowest BCUT2D eigenvalue weighted by Gasteiger charge is -2.34. The van der Waals surface area contributed by atoms with Gasteiger partial charge in [0, 0.05) is 13.1 Å². The van der Waals surface area contributed by atoms with Crippen molar-refractivity contribution in [1.29, 1.82) is 0 Å². The molecule has 6 nitrogen and oxygen atoms in total. The van der Waals surface area contributed by atoms with E-state index >= 15 is 0 Å². The Morgan fingerprint density at radius 2 is 1.89 bits per heavy atom. The lowest BCUT2D eigenvalue weighted by molar-refractivity contribution is -0.0725. The number of nitrogens with two attached hydrogens (primary N) is 1. The zero-order chi connectivity index (χ0) is 13.3. The molecule has 1 saturated heterocycles. The van der Waals surface area contributed by atoms with Gasteiger partial charge in [-0.2, -0.15) is 4.98 Å². The van der Waals surface area contributed by atoms with Gasteiger partial charge >= 0.3 is 0 Å². The lowest BCUT2D eigenvalue weighted by atomic mass is 10.1. The van der Waals surface area contributed by atoms with Crippen molar-refractivity contribution in [3.05, 3.63) is 11.7 Å². The van der Waals surface area contributed by atoms with Crippen molar-refractivity contribution in [1.82, 2.24) is 15.0 Å². The maximum atomic E-state index is 5.93. The van der Waals surface area contributed by atoms with E-state index in [1.807, 2.05) is 13.8 Å². The molecule has 2 atom stereocenters. The van der Waals surface area contributed by atoms with Crippen molar-refractivity contribution in [2.45, 2.75) is 52.0 Å². The first-order valence-corrected chi connectivity index (χ1v) is 6.34. The number of hydrogen-bond acceptors (Lipinski definition) is 6. The van der Waals surface area contributed by atoms with E-state index in [0.29, 0.717) is 18.3 Å². The summed E-state index contributed by atoms with van der Waals surface area (Å²) in [6.45, 7) is 10.3. The summed E-state index contributed by atoms with van der Waals surface area (Å²) in [5.74, 6) is 1.16. The molecule has 0 amide bonds. The molecule has 110 valence electrons. The Hall–Kier alpha value is -0.690. The normalized spacial score (nSPS) is 25.1. The van der Waals surface area contributed by atoms with E-state index in [2.05, 4.69) is 28.9 Å². The summed E-state index contributed by atoms with van der Waals surface area (Å²) in [5.41, 5.74) is 5.37. The molecular weight excluding hydrogens is 268 g/mol. The highest BCUT2D eigenvalue weighted by Gasteiger charge is 2.25. The largest absolute Gasteiger partial charge is 0.373 e. The Morgan fingerprint density at radius 1 is 1.32 bits per heavy atom. The van der Waals surface area contributed by atoms with E-state index in [-0.39, 0.29) is 24.6 Å². The van der Waals surface area contributed by atoms with Crippen molar-refractivity contribution >= 4 is 12.4 Å². The third-order valence-electron chi connectivity index (χ3n) is 2.90. The number of nitrogens with zero attached hydrogens (tertiary/aromatic N) is 3. The second-order valence-electron chi connectivity index (χ2n) is 5.68. The van der Waals surface area contributed by atoms with Gasteiger partial charge in [-0.05, 0) is 27.7 Å². The molecule has 0 aliphatic carbocycles. The van der Waals surface area contributed by atoms with Gasteiger partial charge in [-0.1, -0.05) is 5.16 Å². The maximum absolute atomic E-state index is 5.93. The van der Waals surface area contributed by atoms with Gasteiger partial charge in [-0.3, -0.25) is 4.90 Å². The Kier molecular flexibility index (Phi) is 5.32. The summed E-state index contributed by atoms with van der Waals surface area (Å²) in [6.07, 6.45) is 0.476. The molecule has 1 aliphatic heterocycles. The molecule has 0 spiro atoms. The van der Waals surface area contributed by atoms with E-state index in [0.717, 1.165) is 13.1 Å². The van der Waals surface area contributed by atoms with Crippen LogP contribution in [-0.2, 0) is 16.8 Å². The Balaban J connectivity index is 0.00000180. The van der Waals surface area contributed by atoms with Crippen LogP contribution < -0.4 is 5.73 Å². The molecule has 2 N–H and O–H groups in total. The molecule has 1 aromatic heterocycles. The standard InChI is InChI=1S/C12H22N4O2.ClH/c1-8-5-16(6-9(2)17-8)7-10-14-11(15-18-10)12(3,4)13;/h8-9H,5-7,13H2,1-4H3;1H. The van der Waals surface area contributed by atoms with Gasteiger partial charge in [-0.25, -0.2) is 0 Å². The minimum absolute atomic E-state index is 0. The molecule has 1 aliphatic rings. The van der Waals surface area contributed by atoms with E-state index in [9.17, 15) is 0 Å². The number of rotatable bonds is 3. The molecule has 1 aromatic rings. The smallest absolute Gasteiger partial charge is 0.240 e. The minimum atomic E-state index is -0.562. The summed E-state index contributed by atoms with van der Waals surface area (Å²) < 4.78 is 10.9. The van der Waals surface area contributed by atoms with Crippen LogP contribution in [0, 0.1) is 0 Å². The number of halogens is 1. The predicted molar refractivity (Wildman–Crippen MR) is 74.0 cm³/mol. The van der Waals surface area contributed by atoms with Crippen LogP contribution in [0.3, 0.4) is 0 Å². The molecule has 2 heterocycles. The molecule has 0 bridgehead atoms. The van der Waals surface area contributed by atoms with Crippen molar-refractivity contribution < 1.29 is 9.26 Å². The van der Waals surface area contributed by atoms with Gasteiger partial charge in [0.2, 0.25) is 5.89 Å². The third kappa shape index (κ3) is 4.42. The van der Waals surface area contributed by atoms with Crippen LogP contribution in [0.15, 0.2) is 4.52 Å². The van der Waals surface area contributed by atoms with E-state index in [4.69, 9.17) is 15.0 Å². The number of ether oxygens (including phenoxy) is 1. The fourth-order valence-electron chi connectivity index (χ4n) is 2.19. The van der Waals surface area contributed by atoms with Gasteiger partial charge in [0.05, 0.1) is 24.3 Å². The van der Waals surface area contributed by atoms with Crippen molar-refractivity contribution in [2.24, 2.45) is 5.73 Å². The molecule has 0 radical (unpaired) electrons. The monoisotopic (exact) mass is 290 g/mol. The number of morpholine rings is 1. The van der Waals surface area contributed by atoms with E-state index in [1.165, 1.54) is 0 Å². The zero-order valence-electron chi connectivity index (χ0n) is 11.9.